The summed E-state index contributed by atoms with van der Waals surface area (Å²) in [5.74, 6) is -1.97. The van der Waals surface area contributed by atoms with Gasteiger partial charge in [-0.25, -0.2) is 13.8 Å². The van der Waals surface area contributed by atoms with Gasteiger partial charge in [0.1, 0.15) is 23.3 Å². The van der Waals surface area contributed by atoms with Crippen molar-refractivity contribution in [3.63, 3.8) is 0 Å². The zero-order valence-electron chi connectivity index (χ0n) is 16.8. The fourth-order valence-corrected chi connectivity index (χ4v) is 4.10. The normalized spacial score (nSPS) is 27.1. The van der Waals surface area contributed by atoms with Crippen molar-refractivity contribution < 1.29 is 31.5 Å². The van der Waals surface area contributed by atoms with Gasteiger partial charge < -0.3 is 15.3 Å². The summed E-state index contributed by atoms with van der Waals surface area (Å²) >= 11 is 0. The molecular weight excluding hydrogens is 433 g/mol. The van der Waals surface area contributed by atoms with Gasteiger partial charge in [0, 0.05) is 12.0 Å². The molecule has 170 valence electrons. The van der Waals surface area contributed by atoms with E-state index in [9.17, 15) is 26.7 Å². The summed E-state index contributed by atoms with van der Waals surface area (Å²) < 4.78 is 75.6. The van der Waals surface area contributed by atoms with Crippen molar-refractivity contribution in [2.24, 2.45) is 16.3 Å². The molecule has 10 heteroatoms. The van der Waals surface area contributed by atoms with E-state index < -0.39 is 41.4 Å². The molecular formula is C22H20F5N3O2. The van der Waals surface area contributed by atoms with Gasteiger partial charge in [0.15, 0.2) is 0 Å². The van der Waals surface area contributed by atoms with E-state index in [4.69, 9.17) is 10.5 Å². The van der Waals surface area contributed by atoms with Crippen molar-refractivity contribution in [3.05, 3.63) is 71.3 Å². The van der Waals surface area contributed by atoms with Crippen LogP contribution in [0.1, 0.15) is 30.4 Å². The molecule has 5 nitrogen and oxygen atoms in total. The number of rotatable bonds is 7. The minimum absolute atomic E-state index is 0.112. The van der Waals surface area contributed by atoms with Gasteiger partial charge in [-0.2, -0.15) is 13.2 Å². The van der Waals surface area contributed by atoms with Crippen molar-refractivity contribution in [3.8, 4) is 0 Å². The number of nitrogens with two attached hydrogens (primary N) is 1. The molecule has 1 heterocycles. The van der Waals surface area contributed by atoms with Crippen LogP contribution in [0.25, 0.3) is 0 Å². The molecule has 2 aliphatic rings. The number of hydrogen-bond donors (Lipinski definition) is 1. The molecule has 1 aliphatic heterocycles. The number of aldehydes is 1. The number of hydrazone groups is 1. The van der Waals surface area contributed by atoms with E-state index in [-0.39, 0.29) is 30.7 Å². The Kier molecular flexibility index (Phi) is 5.44. The molecule has 1 saturated carbocycles. The van der Waals surface area contributed by atoms with Crippen LogP contribution in [-0.4, -0.2) is 36.0 Å². The molecule has 0 aromatic heterocycles. The van der Waals surface area contributed by atoms with Crippen LogP contribution in [-0.2, 0) is 15.3 Å². The standard InChI is InChI=1S/C22H20F5N3O2/c23-15-7-8-17(24)16(11-15)19-29-30(18-12-20(18,13-31)22(25,26)27)21(32-19,9-4-10-28)14-5-2-1-3-6-14/h1-3,5-8,11,13,18H,4,9-10,12,28H2. The van der Waals surface area contributed by atoms with E-state index in [1.807, 2.05) is 0 Å². The van der Waals surface area contributed by atoms with Gasteiger partial charge in [0.05, 0.1) is 11.6 Å². The van der Waals surface area contributed by atoms with Crippen LogP contribution in [0.15, 0.2) is 53.6 Å². The summed E-state index contributed by atoms with van der Waals surface area (Å²) in [6.45, 7) is 0.207. The van der Waals surface area contributed by atoms with Gasteiger partial charge in [-0.15, -0.1) is 5.10 Å². The van der Waals surface area contributed by atoms with Crippen LogP contribution >= 0.6 is 0 Å². The fraction of sp³-hybridized carbons (Fsp3) is 0.364. The molecule has 0 radical (unpaired) electrons. The second-order valence-electron chi connectivity index (χ2n) is 7.89. The van der Waals surface area contributed by atoms with E-state index in [0.29, 0.717) is 12.0 Å². The highest BCUT2D eigenvalue weighted by atomic mass is 19.4. The van der Waals surface area contributed by atoms with E-state index in [1.54, 1.807) is 30.3 Å². The Labute approximate surface area is 180 Å². The largest absolute Gasteiger partial charge is 0.443 e. The first-order chi connectivity index (χ1) is 15.2. The molecule has 3 unspecified atom stereocenters. The number of halogens is 5. The molecule has 4 rings (SSSR count). The number of benzene rings is 2. The van der Waals surface area contributed by atoms with Crippen molar-refractivity contribution in [1.82, 2.24) is 5.01 Å². The topological polar surface area (TPSA) is 67.9 Å². The van der Waals surface area contributed by atoms with Gasteiger partial charge >= 0.3 is 6.18 Å². The first-order valence-electron chi connectivity index (χ1n) is 9.99. The van der Waals surface area contributed by atoms with E-state index in [2.05, 4.69) is 5.10 Å². The molecule has 32 heavy (non-hydrogen) atoms. The Morgan fingerprint density at radius 2 is 1.91 bits per heavy atom. The predicted octanol–water partition coefficient (Wildman–Crippen LogP) is 4.07. The lowest BCUT2D eigenvalue weighted by Gasteiger charge is -2.38. The SMILES string of the molecule is NCCCC1(c2ccccc2)OC(c2cc(F)ccc2F)=NN1C1CC1(C=O)C(F)(F)F. The lowest BCUT2D eigenvalue weighted by atomic mass is 9.95. The van der Waals surface area contributed by atoms with Crippen LogP contribution in [0.5, 0.6) is 0 Å². The minimum atomic E-state index is -4.81. The lowest BCUT2D eigenvalue weighted by Crippen LogP contribution is -2.47. The Bertz CT molecular complexity index is 1050. The molecule has 0 amide bonds. The van der Waals surface area contributed by atoms with Crippen LogP contribution in [0.4, 0.5) is 22.0 Å². The lowest BCUT2D eigenvalue weighted by molar-refractivity contribution is -0.195. The second-order valence-corrected chi connectivity index (χ2v) is 7.89. The van der Waals surface area contributed by atoms with Crippen LogP contribution in [0.2, 0.25) is 0 Å². The maximum absolute atomic E-state index is 14.5. The average molecular weight is 453 g/mol. The Balaban J connectivity index is 1.86. The quantitative estimate of drug-likeness (QED) is 0.507. The summed E-state index contributed by atoms with van der Waals surface area (Å²) in [4.78, 5) is 11.5. The summed E-state index contributed by atoms with van der Waals surface area (Å²) in [5.41, 5.74) is 1.59. The van der Waals surface area contributed by atoms with Gasteiger partial charge in [-0.3, -0.25) is 0 Å². The molecule has 3 atom stereocenters. The molecule has 0 saturated heterocycles. The third-order valence-electron chi connectivity index (χ3n) is 5.94. The maximum Gasteiger partial charge on any atom is 0.403 e. The Morgan fingerprint density at radius 1 is 1.19 bits per heavy atom. The molecule has 2 aromatic rings. The number of hydrogen-bond acceptors (Lipinski definition) is 5. The number of carbonyl (C=O) groups excluding carboxylic acids is 1. The highest BCUT2D eigenvalue weighted by Gasteiger charge is 2.76. The Morgan fingerprint density at radius 3 is 2.50 bits per heavy atom. The van der Waals surface area contributed by atoms with Crippen LogP contribution < -0.4 is 5.73 Å². The highest BCUT2D eigenvalue weighted by Crippen LogP contribution is 2.62. The fourth-order valence-electron chi connectivity index (χ4n) is 4.10. The average Bonchev–Trinajstić information content (AvgIpc) is 3.41. The summed E-state index contributed by atoms with van der Waals surface area (Å²) in [6, 6.07) is 9.63. The zero-order valence-corrected chi connectivity index (χ0v) is 16.8. The zero-order chi connectivity index (χ0) is 23.1. The van der Waals surface area contributed by atoms with Crippen molar-refractivity contribution >= 4 is 12.2 Å². The third kappa shape index (κ3) is 3.42. The van der Waals surface area contributed by atoms with Crippen LogP contribution in [0, 0.1) is 17.0 Å². The van der Waals surface area contributed by atoms with Crippen molar-refractivity contribution in [1.29, 1.82) is 0 Å². The molecule has 1 aliphatic carbocycles. The number of nitrogens with zero attached hydrogens (tertiary/aromatic N) is 2. The molecule has 2 N–H and O–H groups in total. The second kappa shape index (κ2) is 7.84. The highest BCUT2D eigenvalue weighted by molar-refractivity contribution is 5.95. The first kappa shape index (κ1) is 22.2. The number of ether oxygens (including phenoxy) is 1. The minimum Gasteiger partial charge on any atom is -0.443 e. The third-order valence-corrected chi connectivity index (χ3v) is 5.94. The summed E-state index contributed by atoms with van der Waals surface area (Å²) in [5, 5.41) is 5.27. The maximum atomic E-state index is 14.5. The molecule has 2 aromatic carbocycles. The number of carbonyl (C=O) groups is 1. The molecule has 1 fully saturated rings. The first-order valence-corrected chi connectivity index (χ1v) is 9.99. The van der Waals surface area contributed by atoms with Gasteiger partial charge in [0.2, 0.25) is 11.6 Å². The summed E-state index contributed by atoms with van der Waals surface area (Å²) in [7, 11) is 0. The van der Waals surface area contributed by atoms with Crippen molar-refractivity contribution in [2.75, 3.05) is 6.54 Å². The van der Waals surface area contributed by atoms with E-state index in [0.717, 1.165) is 23.2 Å². The predicted molar refractivity (Wildman–Crippen MR) is 105 cm³/mol. The summed E-state index contributed by atoms with van der Waals surface area (Å²) in [6.07, 6.45) is -5.00. The van der Waals surface area contributed by atoms with Crippen molar-refractivity contribution in [2.45, 2.75) is 37.2 Å². The molecule has 0 bridgehead atoms. The monoisotopic (exact) mass is 453 g/mol. The van der Waals surface area contributed by atoms with Crippen LogP contribution in [0.3, 0.4) is 0 Å². The Hall–Kier alpha value is -3.01. The smallest absolute Gasteiger partial charge is 0.403 e. The van der Waals surface area contributed by atoms with E-state index >= 15 is 0 Å². The molecule has 0 spiro atoms. The van der Waals surface area contributed by atoms with E-state index in [1.165, 1.54) is 0 Å². The van der Waals surface area contributed by atoms with Gasteiger partial charge in [-0.1, -0.05) is 30.3 Å². The van der Waals surface area contributed by atoms with Gasteiger partial charge in [-0.05, 0) is 37.6 Å². The van der Waals surface area contributed by atoms with Gasteiger partial charge in [0.25, 0.3) is 0 Å². The number of alkyl halides is 3.